The van der Waals surface area contributed by atoms with Crippen molar-refractivity contribution >= 4 is 54.3 Å². The second kappa shape index (κ2) is 6.74. The summed E-state index contributed by atoms with van der Waals surface area (Å²) in [6.45, 7) is 6.78. The van der Waals surface area contributed by atoms with Crippen LogP contribution in [0.15, 0.2) is 102 Å². The molecule has 164 valence electrons. The zero-order valence-corrected chi connectivity index (χ0v) is 19.6. The lowest BCUT2D eigenvalue weighted by Crippen LogP contribution is -2.10. The van der Waals surface area contributed by atoms with Crippen molar-refractivity contribution in [2.45, 2.75) is 26.2 Å². The van der Waals surface area contributed by atoms with Gasteiger partial charge in [0, 0.05) is 27.4 Å². The summed E-state index contributed by atoms with van der Waals surface area (Å²) >= 11 is 0. The highest BCUT2D eigenvalue weighted by atomic mass is 16.3. The van der Waals surface area contributed by atoms with Crippen LogP contribution in [-0.4, -0.2) is 4.57 Å². The number of hydrogen-bond donors (Lipinski definition) is 0. The Hall–Kier alpha value is -4.04. The Kier molecular flexibility index (Phi) is 3.85. The molecule has 34 heavy (non-hydrogen) atoms. The predicted octanol–water partition coefficient (Wildman–Crippen LogP) is 9.13. The smallest absolute Gasteiger partial charge is 0.159 e. The van der Waals surface area contributed by atoms with Crippen molar-refractivity contribution in [3.8, 4) is 5.69 Å². The lowest BCUT2D eigenvalue weighted by molar-refractivity contribution is 0.558. The average Bonchev–Trinajstić information content (AvgIpc) is 3.45. The zero-order valence-electron chi connectivity index (χ0n) is 19.6. The molecule has 2 heterocycles. The summed E-state index contributed by atoms with van der Waals surface area (Å²) in [5.74, 6) is 0. The molecule has 0 atom stereocenters. The van der Waals surface area contributed by atoms with Gasteiger partial charge in [0.05, 0.1) is 17.3 Å². The molecule has 2 nitrogen and oxygen atoms in total. The number of nitrogens with zero attached hydrogens (tertiary/aromatic N) is 1. The maximum Gasteiger partial charge on any atom is 0.159 e. The highest BCUT2D eigenvalue weighted by Gasteiger charge is 2.27. The molecular formula is C32H25NO. The van der Waals surface area contributed by atoms with E-state index in [9.17, 15) is 0 Å². The normalized spacial score (nSPS) is 12.6. The average molecular weight is 440 g/mol. The number of fused-ring (bicyclic) bond motifs is 10. The van der Waals surface area contributed by atoms with Crippen LogP contribution in [0.4, 0.5) is 0 Å². The van der Waals surface area contributed by atoms with Crippen LogP contribution >= 0.6 is 0 Å². The molecule has 0 fully saturated rings. The number of hydrogen-bond acceptors (Lipinski definition) is 1. The van der Waals surface area contributed by atoms with Crippen molar-refractivity contribution in [1.82, 2.24) is 4.57 Å². The summed E-state index contributed by atoms with van der Waals surface area (Å²) in [4.78, 5) is 0. The standard InChI is InChI=1S/C32H25NO/c1-32(2,3)25-19-34-31-27(25)23-15-9-10-16-24(23)29-28-22-14-8-7-11-20(22)17-18-26(28)33(30(29)31)21-12-5-4-6-13-21/h4-19H,1-3H3. The quantitative estimate of drug-likeness (QED) is 0.249. The van der Waals surface area contributed by atoms with Gasteiger partial charge in [0.2, 0.25) is 0 Å². The molecule has 0 unspecified atom stereocenters. The third kappa shape index (κ3) is 2.51. The zero-order chi connectivity index (χ0) is 23.0. The Morgan fingerprint density at radius 2 is 1.26 bits per heavy atom. The second-order valence-electron chi connectivity index (χ2n) is 10.2. The third-order valence-corrected chi connectivity index (χ3v) is 7.15. The van der Waals surface area contributed by atoms with Crippen molar-refractivity contribution in [2.24, 2.45) is 0 Å². The van der Waals surface area contributed by atoms with Crippen LogP contribution in [0, 0.1) is 0 Å². The van der Waals surface area contributed by atoms with Crippen molar-refractivity contribution in [2.75, 3.05) is 0 Å². The minimum Gasteiger partial charge on any atom is -0.462 e. The van der Waals surface area contributed by atoms with Gasteiger partial charge in [-0.25, -0.2) is 0 Å². The largest absolute Gasteiger partial charge is 0.462 e. The van der Waals surface area contributed by atoms with Gasteiger partial charge >= 0.3 is 0 Å². The molecule has 2 heteroatoms. The van der Waals surface area contributed by atoms with Crippen LogP contribution in [0.1, 0.15) is 26.3 Å². The van der Waals surface area contributed by atoms with Crippen molar-refractivity contribution < 1.29 is 4.42 Å². The van der Waals surface area contributed by atoms with E-state index in [1.54, 1.807) is 0 Å². The Labute approximate surface area is 198 Å². The summed E-state index contributed by atoms with van der Waals surface area (Å²) in [7, 11) is 0. The molecule has 0 aliphatic heterocycles. The minimum absolute atomic E-state index is 0.0298. The molecule has 0 aliphatic carbocycles. The van der Waals surface area contributed by atoms with Crippen LogP contribution < -0.4 is 0 Å². The van der Waals surface area contributed by atoms with E-state index in [0.29, 0.717) is 0 Å². The summed E-state index contributed by atoms with van der Waals surface area (Å²) in [6, 6.07) is 32.7. The van der Waals surface area contributed by atoms with Gasteiger partial charge in [-0.1, -0.05) is 93.6 Å². The van der Waals surface area contributed by atoms with Crippen LogP contribution in [-0.2, 0) is 5.41 Å². The van der Waals surface area contributed by atoms with E-state index in [1.165, 1.54) is 48.8 Å². The van der Waals surface area contributed by atoms with E-state index >= 15 is 0 Å². The molecule has 5 aromatic carbocycles. The molecule has 2 aromatic heterocycles. The Bertz CT molecular complexity index is 1880. The summed E-state index contributed by atoms with van der Waals surface area (Å²) in [5, 5.41) is 8.81. The van der Waals surface area contributed by atoms with Gasteiger partial charge in [0.15, 0.2) is 5.58 Å². The number of benzene rings is 5. The third-order valence-electron chi connectivity index (χ3n) is 7.15. The van der Waals surface area contributed by atoms with E-state index in [0.717, 1.165) is 16.8 Å². The molecule has 0 amide bonds. The van der Waals surface area contributed by atoms with Gasteiger partial charge in [0.1, 0.15) is 0 Å². The van der Waals surface area contributed by atoms with Crippen LogP contribution in [0.3, 0.4) is 0 Å². The number of rotatable bonds is 1. The number of furan rings is 1. The summed E-state index contributed by atoms with van der Waals surface area (Å²) in [5.41, 5.74) is 5.66. The topological polar surface area (TPSA) is 18.1 Å². The molecule has 0 spiro atoms. The van der Waals surface area contributed by atoms with Gasteiger partial charge in [-0.3, -0.25) is 0 Å². The van der Waals surface area contributed by atoms with E-state index in [-0.39, 0.29) is 5.41 Å². The van der Waals surface area contributed by atoms with Gasteiger partial charge in [0.25, 0.3) is 0 Å². The number of aromatic nitrogens is 1. The first-order valence-corrected chi connectivity index (χ1v) is 11.9. The summed E-state index contributed by atoms with van der Waals surface area (Å²) < 4.78 is 8.87. The molecule has 0 saturated heterocycles. The minimum atomic E-state index is -0.0298. The van der Waals surface area contributed by atoms with E-state index in [2.05, 4.69) is 116 Å². The molecule has 0 bridgehead atoms. The van der Waals surface area contributed by atoms with Gasteiger partial charge in [-0.05, 0) is 45.2 Å². The maximum atomic E-state index is 6.48. The van der Waals surface area contributed by atoms with Crippen LogP contribution in [0.5, 0.6) is 0 Å². The Morgan fingerprint density at radius 1 is 0.618 bits per heavy atom. The Morgan fingerprint density at radius 3 is 2.00 bits per heavy atom. The van der Waals surface area contributed by atoms with Gasteiger partial charge < -0.3 is 8.98 Å². The molecule has 0 aliphatic rings. The van der Waals surface area contributed by atoms with E-state index in [1.807, 2.05) is 6.26 Å². The molecular weight excluding hydrogens is 414 g/mol. The van der Waals surface area contributed by atoms with Gasteiger partial charge in [-0.15, -0.1) is 0 Å². The second-order valence-corrected chi connectivity index (χ2v) is 10.2. The monoisotopic (exact) mass is 439 g/mol. The van der Waals surface area contributed by atoms with E-state index in [4.69, 9.17) is 4.42 Å². The van der Waals surface area contributed by atoms with E-state index < -0.39 is 0 Å². The summed E-state index contributed by atoms with van der Waals surface area (Å²) in [6.07, 6.45) is 1.97. The number of para-hydroxylation sites is 1. The molecule has 0 radical (unpaired) electrons. The molecule has 0 N–H and O–H groups in total. The maximum absolute atomic E-state index is 6.48. The fourth-order valence-electron chi connectivity index (χ4n) is 5.65. The first kappa shape index (κ1) is 19.4. The fraction of sp³-hybridized carbons (Fsp3) is 0.125. The lowest BCUT2D eigenvalue weighted by Gasteiger charge is -2.17. The molecule has 7 aromatic rings. The lowest BCUT2D eigenvalue weighted by atomic mass is 9.85. The highest BCUT2D eigenvalue weighted by Crippen LogP contribution is 2.47. The van der Waals surface area contributed by atoms with Gasteiger partial charge in [-0.2, -0.15) is 0 Å². The highest BCUT2D eigenvalue weighted by molar-refractivity contribution is 6.35. The molecule has 7 rings (SSSR count). The first-order chi connectivity index (χ1) is 16.5. The van der Waals surface area contributed by atoms with Crippen molar-refractivity contribution in [1.29, 1.82) is 0 Å². The van der Waals surface area contributed by atoms with Crippen molar-refractivity contribution in [3.05, 3.63) is 103 Å². The van der Waals surface area contributed by atoms with Crippen molar-refractivity contribution in [3.63, 3.8) is 0 Å². The predicted molar refractivity (Wildman–Crippen MR) is 144 cm³/mol. The Balaban J connectivity index is 1.87. The molecule has 0 saturated carbocycles. The van der Waals surface area contributed by atoms with Crippen LogP contribution in [0.25, 0.3) is 60.0 Å². The SMILES string of the molecule is CC(C)(C)c1coc2c1c1ccccc1c1c3c4ccccc4ccc3n(-c3ccccc3)c21. The first-order valence-electron chi connectivity index (χ1n) is 11.9. The van der Waals surface area contributed by atoms with Crippen LogP contribution in [0.2, 0.25) is 0 Å². The fourth-order valence-corrected chi connectivity index (χ4v) is 5.65.